The number of ether oxygens (including phenoxy) is 2. The number of nitrogens with one attached hydrogen (secondary N) is 1. The summed E-state index contributed by atoms with van der Waals surface area (Å²) in [5.41, 5.74) is 2.66. The summed E-state index contributed by atoms with van der Waals surface area (Å²) < 4.78 is 15.4. The maximum absolute atomic E-state index is 6.16. The zero-order valence-corrected chi connectivity index (χ0v) is 14.7. The summed E-state index contributed by atoms with van der Waals surface area (Å²) in [6, 6.07) is 2.77. The van der Waals surface area contributed by atoms with Crippen molar-refractivity contribution < 1.29 is 9.47 Å². The molecule has 1 aliphatic heterocycles. The fourth-order valence-corrected chi connectivity index (χ4v) is 3.58. The van der Waals surface area contributed by atoms with Crippen LogP contribution in [0.2, 0.25) is 0 Å². The van der Waals surface area contributed by atoms with Crippen LogP contribution >= 0.6 is 0 Å². The molecule has 5 rings (SSSR count). The zero-order valence-electron chi connectivity index (χ0n) is 14.7. The van der Waals surface area contributed by atoms with Gasteiger partial charge in [-0.25, -0.2) is 9.50 Å². The smallest absolute Gasteiger partial charge is 0.240 e. The fraction of sp³-hybridized carbons (Fsp3) is 0.500. The van der Waals surface area contributed by atoms with Gasteiger partial charge in [0.2, 0.25) is 5.88 Å². The van der Waals surface area contributed by atoms with Crippen LogP contribution in [0, 0.1) is 0 Å². The predicted octanol–water partition coefficient (Wildman–Crippen LogP) is 1.68. The molecule has 2 aliphatic rings. The van der Waals surface area contributed by atoms with Gasteiger partial charge in [-0.05, 0) is 32.4 Å². The first kappa shape index (κ1) is 15.8. The molecule has 4 heterocycles. The van der Waals surface area contributed by atoms with Crippen LogP contribution in [0.15, 0.2) is 30.9 Å². The van der Waals surface area contributed by atoms with Crippen LogP contribution in [-0.2, 0) is 4.74 Å². The Morgan fingerprint density at radius 3 is 3.00 bits per heavy atom. The molecule has 8 heteroatoms. The maximum Gasteiger partial charge on any atom is 0.240 e. The van der Waals surface area contributed by atoms with E-state index in [9.17, 15) is 0 Å². The number of fused-ring (bicyclic) bond motifs is 1. The van der Waals surface area contributed by atoms with E-state index in [4.69, 9.17) is 14.5 Å². The van der Waals surface area contributed by atoms with Crippen molar-refractivity contribution in [3.05, 3.63) is 30.9 Å². The second-order valence-electron chi connectivity index (χ2n) is 7.02. The van der Waals surface area contributed by atoms with Gasteiger partial charge in [-0.2, -0.15) is 10.2 Å². The molecule has 1 atom stereocenters. The molecule has 1 saturated heterocycles. The molecule has 0 amide bonds. The van der Waals surface area contributed by atoms with Gasteiger partial charge in [0.1, 0.15) is 11.6 Å². The Kier molecular flexibility index (Phi) is 3.86. The number of hydrogen-bond acceptors (Lipinski definition) is 6. The average Bonchev–Trinajstić information content (AvgIpc) is 3.37. The van der Waals surface area contributed by atoms with Gasteiger partial charge in [0.15, 0.2) is 0 Å². The molecular formula is C18H22N6O2. The first-order valence-electron chi connectivity index (χ1n) is 9.11. The van der Waals surface area contributed by atoms with Crippen molar-refractivity contribution in [1.82, 2.24) is 29.7 Å². The number of aromatic nitrogens is 5. The van der Waals surface area contributed by atoms with E-state index in [-0.39, 0.29) is 6.10 Å². The Labute approximate surface area is 151 Å². The normalized spacial score (nSPS) is 25.5. The molecule has 3 aromatic rings. The summed E-state index contributed by atoms with van der Waals surface area (Å²) in [6.45, 7) is 1.51. The third-order valence-electron chi connectivity index (χ3n) is 5.31. The Morgan fingerprint density at radius 1 is 1.27 bits per heavy atom. The summed E-state index contributed by atoms with van der Waals surface area (Å²) in [7, 11) is 1.99. The summed E-state index contributed by atoms with van der Waals surface area (Å²) in [5, 5.41) is 12.1. The van der Waals surface area contributed by atoms with E-state index < -0.39 is 0 Å². The number of rotatable bonds is 5. The van der Waals surface area contributed by atoms with Gasteiger partial charge in [-0.3, -0.25) is 4.68 Å². The predicted molar refractivity (Wildman–Crippen MR) is 95.2 cm³/mol. The quantitative estimate of drug-likeness (QED) is 0.751. The van der Waals surface area contributed by atoms with Crippen LogP contribution in [-0.4, -0.2) is 56.8 Å². The third-order valence-corrected chi connectivity index (χ3v) is 5.31. The van der Waals surface area contributed by atoms with Crippen LogP contribution in [0.3, 0.4) is 0 Å². The summed E-state index contributed by atoms with van der Waals surface area (Å²) in [5.74, 6) is 0.636. The van der Waals surface area contributed by atoms with Gasteiger partial charge >= 0.3 is 0 Å². The molecular weight excluding hydrogens is 332 g/mol. The Balaban J connectivity index is 1.44. The van der Waals surface area contributed by atoms with E-state index in [0.717, 1.165) is 49.3 Å². The van der Waals surface area contributed by atoms with Gasteiger partial charge in [-0.1, -0.05) is 0 Å². The number of hydrogen-bond donors (Lipinski definition) is 1. The van der Waals surface area contributed by atoms with Crippen LogP contribution in [0.25, 0.3) is 16.8 Å². The monoisotopic (exact) mass is 354 g/mol. The molecule has 1 saturated carbocycles. The van der Waals surface area contributed by atoms with Crippen molar-refractivity contribution >= 4 is 5.52 Å². The van der Waals surface area contributed by atoms with E-state index in [2.05, 4.69) is 15.5 Å². The maximum atomic E-state index is 6.16. The molecule has 1 unspecified atom stereocenters. The van der Waals surface area contributed by atoms with Gasteiger partial charge < -0.3 is 14.8 Å². The van der Waals surface area contributed by atoms with Gasteiger partial charge in [0.05, 0.1) is 36.9 Å². The van der Waals surface area contributed by atoms with Crippen molar-refractivity contribution in [2.24, 2.45) is 0 Å². The lowest BCUT2D eigenvalue weighted by atomic mass is 9.89. The highest BCUT2D eigenvalue weighted by Gasteiger charge is 2.30. The first-order valence-corrected chi connectivity index (χ1v) is 9.11. The summed E-state index contributed by atoms with van der Waals surface area (Å²) in [6.07, 6.45) is 10.8. The van der Waals surface area contributed by atoms with E-state index in [1.165, 1.54) is 0 Å². The highest BCUT2D eigenvalue weighted by Crippen LogP contribution is 2.30. The first-order chi connectivity index (χ1) is 12.8. The SMILES string of the molecule is CNC1CC(Oc2nc(-c3cnn(C4CCOC4)c3)cn3nccc23)C1. The van der Waals surface area contributed by atoms with Crippen molar-refractivity contribution in [3.63, 3.8) is 0 Å². The van der Waals surface area contributed by atoms with Crippen LogP contribution in [0.5, 0.6) is 5.88 Å². The minimum Gasteiger partial charge on any atom is -0.473 e. The molecule has 26 heavy (non-hydrogen) atoms. The van der Waals surface area contributed by atoms with E-state index in [1.54, 1.807) is 6.20 Å². The lowest BCUT2D eigenvalue weighted by molar-refractivity contribution is 0.0852. The van der Waals surface area contributed by atoms with Crippen molar-refractivity contribution in [3.8, 4) is 17.1 Å². The third kappa shape index (κ3) is 2.75. The minimum absolute atomic E-state index is 0.201. The molecule has 8 nitrogen and oxygen atoms in total. The van der Waals surface area contributed by atoms with E-state index >= 15 is 0 Å². The topological polar surface area (TPSA) is 78.5 Å². The molecule has 0 spiro atoms. The second kappa shape index (κ2) is 6.37. The average molecular weight is 354 g/mol. The molecule has 3 aromatic heterocycles. The van der Waals surface area contributed by atoms with Gasteiger partial charge in [0, 0.05) is 24.4 Å². The fourth-order valence-electron chi connectivity index (χ4n) is 3.58. The lowest BCUT2D eigenvalue weighted by Crippen LogP contribution is -2.45. The number of nitrogens with zero attached hydrogens (tertiary/aromatic N) is 5. The molecule has 136 valence electrons. The van der Waals surface area contributed by atoms with Crippen LogP contribution in [0.1, 0.15) is 25.3 Å². The van der Waals surface area contributed by atoms with Crippen LogP contribution < -0.4 is 10.1 Å². The molecule has 2 fully saturated rings. The van der Waals surface area contributed by atoms with Crippen molar-refractivity contribution in [2.45, 2.75) is 37.5 Å². The standard InChI is InChI=1S/C18H22N6O2/c1-19-13-6-15(7-13)26-18-17-2-4-20-24(17)10-16(22-18)12-8-21-23(9-12)14-3-5-25-11-14/h2,4,8-10,13-15,19H,3,5-7,11H2,1H3. The minimum atomic E-state index is 0.201. The molecule has 0 aromatic carbocycles. The van der Waals surface area contributed by atoms with E-state index in [0.29, 0.717) is 18.0 Å². The van der Waals surface area contributed by atoms with Gasteiger partial charge in [0.25, 0.3) is 0 Å². The highest BCUT2D eigenvalue weighted by atomic mass is 16.5. The Morgan fingerprint density at radius 2 is 2.19 bits per heavy atom. The molecule has 1 aliphatic carbocycles. The lowest BCUT2D eigenvalue weighted by Gasteiger charge is -2.34. The Bertz CT molecular complexity index is 907. The molecule has 1 N–H and O–H groups in total. The van der Waals surface area contributed by atoms with E-state index in [1.807, 2.05) is 40.9 Å². The summed E-state index contributed by atoms with van der Waals surface area (Å²) >= 11 is 0. The highest BCUT2D eigenvalue weighted by molar-refractivity contribution is 5.63. The zero-order chi connectivity index (χ0) is 17.5. The van der Waals surface area contributed by atoms with Crippen LogP contribution in [0.4, 0.5) is 0 Å². The Hall–Kier alpha value is -2.45. The largest absolute Gasteiger partial charge is 0.473 e. The second-order valence-corrected chi connectivity index (χ2v) is 7.02. The molecule has 0 radical (unpaired) electrons. The molecule has 0 bridgehead atoms. The van der Waals surface area contributed by atoms with Crippen molar-refractivity contribution in [1.29, 1.82) is 0 Å². The van der Waals surface area contributed by atoms with Gasteiger partial charge in [-0.15, -0.1) is 0 Å². The summed E-state index contributed by atoms with van der Waals surface area (Å²) in [4.78, 5) is 4.77. The van der Waals surface area contributed by atoms with Crippen molar-refractivity contribution in [2.75, 3.05) is 20.3 Å².